The van der Waals surface area contributed by atoms with Gasteiger partial charge in [0.15, 0.2) is 11.9 Å². The number of amides is 3. The maximum atomic E-state index is 12.0. The molecular formula is C14H17N3O7. The summed E-state index contributed by atoms with van der Waals surface area (Å²) >= 11 is 0. The molecule has 0 spiro atoms. The molecule has 0 aliphatic rings. The van der Waals surface area contributed by atoms with Crippen LogP contribution in [0, 0.1) is 10.1 Å². The number of nitrogens with one attached hydrogen (secondary N) is 2. The van der Waals surface area contributed by atoms with Crippen molar-refractivity contribution < 1.29 is 28.8 Å². The van der Waals surface area contributed by atoms with Crippen LogP contribution in [0.5, 0.6) is 5.75 Å². The van der Waals surface area contributed by atoms with Gasteiger partial charge in [-0.3, -0.25) is 20.2 Å². The molecule has 0 heterocycles. The van der Waals surface area contributed by atoms with Gasteiger partial charge in [0.05, 0.1) is 17.1 Å². The van der Waals surface area contributed by atoms with Gasteiger partial charge in [-0.15, -0.1) is 0 Å². The molecule has 2 N–H and O–H groups in total. The third-order valence-electron chi connectivity index (χ3n) is 2.81. The zero-order valence-electron chi connectivity index (χ0n) is 13.3. The number of benzene rings is 1. The summed E-state index contributed by atoms with van der Waals surface area (Å²) in [5, 5.41) is 15.1. The van der Waals surface area contributed by atoms with Gasteiger partial charge < -0.3 is 14.8 Å². The van der Waals surface area contributed by atoms with Gasteiger partial charge in [-0.1, -0.05) is 0 Å². The fourth-order valence-corrected chi connectivity index (χ4v) is 1.62. The molecule has 3 amide bonds. The SMILES string of the molecule is CCOc1ccc(C(=O)O[C@H](C)C(=O)NC(=O)NC)cc1[N+](=O)[O-]. The van der Waals surface area contributed by atoms with Crippen molar-refractivity contribution in [2.24, 2.45) is 0 Å². The van der Waals surface area contributed by atoms with E-state index < -0.39 is 34.6 Å². The maximum Gasteiger partial charge on any atom is 0.339 e. The normalized spacial score (nSPS) is 11.1. The number of nitro benzene ring substituents is 1. The van der Waals surface area contributed by atoms with Gasteiger partial charge in [-0.25, -0.2) is 9.59 Å². The number of nitrogens with zero attached hydrogens (tertiary/aromatic N) is 1. The highest BCUT2D eigenvalue weighted by molar-refractivity contribution is 5.98. The highest BCUT2D eigenvalue weighted by Gasteiger charge is 2.23. The minimum Gasteiger partial charge on any atom is -0.487 e. The van der Waals surface area contributed by atoms with Crippen LogP contribution in [0.25, 0.3) is 0 Å². The first-order valence-electron chi connectivity index (χ1n) is 6.94. The third-order valence-corrected chi connectivity index (χ3v) is 2.81. The average Bonchev–Trinajstić information content (AvgIpc) is 2.54. The molecular weight excluding hydrogens is 322 g/mol. The second-order valence-corrected chi connectivity index (χ2v) is 4.49. The lowest BCUT2D eigenvalue weighted by molar-refractivity contribution is -0.385. The van der Waals surface area contributed by atoms with Gasteiger partial charge in [0.25, 0.3) is 5.91 Å². The fraction of sp³-hybridized carbons (Fsp3) is 0.357. The minimum atomic E-state index is -1.26. The van der Waals surface area contributed by atoms with Crippen LogP contribution in [-0.2, 0) is 9.53 Å². The summed E-state index contributed by atoms with van der Waals surface area (Å²) in [5.74, 6) is -1.76. The quantitative estimate of drug-likeness (QED) is 0.448. The van der Waals surface area contributed by atoms with E-state index in [9.17, 15) is 24.5 Å². The summed E-state index contributed by atoms with van der Waals surface area (Å²) < 4.78 is 9.99. The van der Waals surface area contributed by atoms with E-state index in [1.54, 1.807) is 6.92 Å². The number of hydrogen-bond donors (Lipinski definition) is 2. The third kappa shape index (κ3) is 4.93. The molecule has 1 rings (SSSR count). The van der Waals surface area contributed by atoms with Crippen LogP contribution in [0.15, 0.2) is 18.2 Å². The van der Waals surface area contributed by atoms with E-state index in [1.165, 1.54) is 26.1 Å². The fourth-order valence-electron chi connectivity index (χ4n) is 1.62. The highest BCUT2D eigenvalue weighted by Crippen LogP contribution is 2.28. The monoisotopic (exact) mass is 339 g/mol. The summed E-state index contributed by atoms with van der Waals surface area (Å²) in [6.07, 6.45) is -1.26. The van der Waals surface area contributed by atoms with Gasteiger partial charge in [0.2, 0.25) is 0 Å². The Morgan fingerprint density at radius 2 is 2.00 bits per heavy atom. The van der Waals surface area contributed by atoms with E-state index in [4.69, 9.17) is 9.47 Å². The number of hydrogen-bond acceptors (Lipinski definition) is 7. The van der Waals surface area contributed by atoms with E-state index in [2.05, 4.69) is 5.32 Å². The largest absolute Gasteiger partial charge is 0.487 e. The van der Waals surface area contributed by atoms with Crippen molar-refractivity contribution in [3.8, 4) is 5.75 Å². The molecule has 0 radical (unpaired) electrons. The summed E-state index contributed by atoms with van der Waals surface area (Å²) in [6, 6.07) is 2.80. The molecule has 0 aliphatic heterocycles. The van der Waals surface area contributed by atoms with Crippen molar-refractivity contribution in [1.29, 1.82) is 0 Å². The summed E-state index contributed by atoms with van der Waals surface area (Å²) in [6.45, 7) is 3.15. The number of urea groups is 1. The predicted molar refractivity (Wildman–Crippen MR) is 81.7 cm³/mol. The molecule has 24 heavy (non-hydrogen) atoms. The second-order valence-electron chi connectivity index (χ2n) is 4.49. The van der Waals surface area contributed by atoms with Crippen molar-refractivity contribution >= 4 is 23.6 Å². The van der Waals surface area contributed by atoms with E-state index in [1.807, 2.05) is 5.32 Å². The molecule has 0 saturated carbocycles. The van der Waals surface area contributed by atoms with Crippen LogP contribution < -0.4 is 15.4 Å². The highest BCUT2D eigenvalue weighted by atomic mass is 16.6. The molecule has 0 unspecified atom stereocenters. The molecule has 10 heteroatoms. The Morgan fingerprint density at radius 1 is 1.33 bits per heavy atom. The molecule has 0 saturated heterocycles. The molecule has 0 bridgehead atoms. The predicted octanol–water partition coefficient (Wildman–Crippen LogP) is 0.994. The van der Waals surface area contributed by atoms with E-state index in [0.29, 0.717) is 0 Å². The molecule has 0 aliphatic carbocycles. The van der Waals surface area contributed by atoms with Crippen molar-refractivity contribution in [3.63, 3.8) is 0 Å². The topological polar surface area (TPSA) is 137 Å². The first-order valence-corrected chi connectivity index (χ1v) is 6.94. The molecule has 10 nitrogen and oxygen atoms in total. The lowest BCUT2D eigenvalue weighted by Crippen LogP contribution is -2.43. The van der Waals surface area contributed by atoms with Crippen LogP contribution in [0.4, 0.5) is 10.5 Å². The number of nitro groups is 1. The van der Waals surface area contributed by atoms with Gasteiger partial charge in [0.1, 0.15) is 0 Å². The second kappa shape index (κ2) is 8.46. The number of carbonyl (C=O) groups excluding carboxylic acids is 3. The zero-order chi connectivity index (χ0) is 18.3. The lowest BCUT2D eigenvalue weighted by Gasteiger charge is -2.13. The van der Waals surface area contributed by atoms with E-state index >= 15 is 0 Å². The van der Waals surface area contributed by atoms with Gasteiger partial charge in [-0.2, -0.15) is 0 Å². The Labute approximate surface area is 137 Å². The minimum absolute atomic E-state index is 0.0180. The van der Waals surface area contributed by atoms with E-state index in [0.717, 1.165) is 6.07 Å². The van der Waals surface area contributed by atoms with Crippen LogP contribution in [-0.4, -0.2) is 42.6 Å². The van der Waals surface area contributed by atoms with Crippen LogP contribution in [0.1, 0.15) is 24.2 Å². The van der Waals surface area contributed by atoms with Gasteiger partial charge in [0, 0.05) is 13.1 Å². The van der Waals surface area contributed by atoms with Crippen molar-refractivity contribution in [1.82, 2.24) is 10.6 Å². The summed E-state index contributed by atoms with van der Waals surface area (Å²) in [5.41, 5.74) is -0.515. The average molecular weight is 339 g/mol. The Morgan fingerprint density at radius 3 is 2.54 bits per heavy atom. The molecule has 130 valence electrons. The number of carbonyl (C=O) groups is 3. The summed E-state index contributed by atoms with van der Waals surface area (Å²) in [7, 11) is 1.32. The lowest BCUT2D eigenvalue weighted by atomic mass is 10.2. The Kier molecular flexibility index (Phi) is 6.65. The molecule has 1 aromatic carbocycles. The first-order chi connectivity index (χ1) is 11.3. The number of rotatable bonds is 6. The van der Waals surface area contributed by atoms with Gasteiger partial charge >= 0.3 is 17.7 Å². The molecule has 0 fully saturated rings. The molecule has 1 aromatic rings. The Balaban J connectivity index is 2.88. The summed E-state index contributed by atoms with van der Waals surface area (Å²) in [4.78, 5) is 45.0. The van der Waals surface area contributed by atoms with Crippen molar-refractivity contribution in [2.75, 3.05) is 13.7 Å². The Hall–Kier alpha value is -3.17. The van der Waals surface area contributed by atoms with Crippen molar-refractivity contribution in [2.45, 2.75) is 20.0 Å². The van der Waals surface area contributed by atoms with E-state index in [-0.39, 0.29) is 17.9 Å². The van der Waals surface area contributed by atoms with Crippen molar-refractivity contribution in [3.05, 3.63) is 33.9 Å². The van der Waals surface area contributed by atoms with Crippen LogP contribution in [0.3, 0.4) is 0 Å². The number of imide groups is 1. The smallest absolute Gasteiger partial charge is 0.339 e. The first kappa shape index (κ1) is 18.9. The van der Waals surface area contributed by atoms with Crippen LogP contribution in [0.2, 0.25) is 0 Å². The molecule has 0 aromatic heterocycles. The standard InChI is InChI=1S/C14H17N3O7/c1-4-23-11-6-5-9(7-10(11)17(21)22)13(19)24-8(2)12(18)16-14(20)15-3/h5-8H,4H2,1-3H3,(H2,15,16,18,20)/t8-/m1/s1. The van der Waals surface area contributed by atoms with Crippen LogP contribution >= 0.6 is 0 Å². The molecule has 1 atom stereocenters. The number of esters is 1. The zero-order valence-corrected chi connectivity index (χ0v) is 13.3. The maximum absolute atomic E-state index is 12.0. The van der Waals surface area contributed by atoms with Gasteiger partial charge in [-0.05, 0) is 26.0 Å². The Bertz CT molecular complexity index is 660. The number of ether oxygens (including phenoxy) is 2.